The van der Waals surface area contributed by atoms with Crippen LogP contribution in [0.3, 0.4) is 0 Å². The van der Waals surface area contributed by atoms with Crippen molar-refractivity contribution < 1.29 is 4.79 Å². The van der Waals surface area contributed by atoms with Crippen LogP contribution in [-0.4, -0.2) is 23.5 Å². The first-order chi connectivity index (χ1) is 13.6. The molecule has 2 aromatic carbocycles. The fourth-order valence-electron chi connectivity index (χ4n) is 3.98. The SMILES string of the molecule is NC1=NC2(CCCCC2)N(c2ccc(NC(=O)c3ccccc3)cc2)C(N)=N1. The van der Waals surface area contributed by atoms with Crippen LogP contribution in [0.1, 0.15) is 42.5 Å². The molecule has 0 bridgehead atoms. The summed E-state index contributed by atoms with van der Waals surface area (Å²) in [5.74, 6) is 0.450. The second-order valence-corrected chi connectivity index (χ2v) is 7.19. The zero-order valence-electron chi connectivity index (χ0n) is 15.6. The van der Waals surface area contributed by atoms with Crippen LogP contribution >= 0.6 is 0 Å². The summed E-state index contributed by atoms with van der Waals surface area (Å²) in [5.41, 5.74) is 13.9. The van der Waals surface area contributed by atoms with Crippen molar-refractivity contribution >= 4 is 29.2 Å². The Morgan fingerprint density at radius 3 is 2.32 bits per heavy atom. The highest BCUT2D eigenvalue weighted by Gasteiger charge is 2.42. The predicted molar refractivity (Wildman–Crippen MR) is 112 cm³/mol. The Bertz CT molecular complexity index is 914. The van der Waals surface area contributed by atoms with Gasteiger partial charge in [0.05, 0.1) is 0 Å². The summed E-state index contributed by atoms with van der Waals surface area (Å²) in [6, 6.07) is 16.7. The molecule has 7 nitrogen and oxygen atoms in total. The zero-order valence-corrected chi connectivity index (χ0v) is 15.6. The van der Waals surface area contributed by atoms with Crippen molar-refractivity contribution in [3.8, 4) is 0 Å². The van der Waals surface area contributed by atoms with Crippen molar-refractivity contribution in [1.29, 1.82) is 0 Å². The Labute approximate surface area is 164 Å². The van der Waals surface area contributed by atoms with Gasteiger partial charge in [0, 0.05) is 16.9 Å². The van der Waals surface area contributed by atoms with Crippen molar-refractivity contribution in [2.75, 3.05) is 10.2 Å². The Kier molecular flexibility index (Phi) is 4.73. The lowest BCUT2D eigenvalue weighted by Crippen LogP contribution is -2.58. The van der Waals surface area contributed by atoms with Crippen molar-refractivity contribution in [2.45, 2.75) is 37.8 Å². The molecule has 1 spiro atoms. The van der Waals surface area contributed by atoms with Crippen molar-refractivity contribution in [1.82, 2.24) is 0 Å². The first-order valence-corrected chi connectivity index (χ1v) is 9.54. The second kappa shape index (κ2) is 7.34. The average Bonchev–Trinajstić information content (AvgIpc) is 2.70. The highest BCUT2D eigenvalue weighted by Crippen LogP contribution is 2.39. The molecule has 1 heterocycles. The highest BCUT2D eigenvalue weighted by molar-refractivity contribution is 6.06. The summed E-state index contributed by atoms with van der Waals surface area (Å²) >= 11 is 0. The lowest BCUT2D eigenvalue weighted by molar-refractivity contribution is 0.102. The smallest absolute Gasteiger partial charge is 0.255 e. The van der Waals surface area contributed by atoms with E-state index in [9.17, 15) is 4.79 Å². The van der Waals surface area contributed by atoms with Crippen LogP contribution in [-0.2, 0) is 0 Å². The van der Waals surface area contributed by atoms with E-state index in [1.54, 1.807) is 12.1 Å². The van der Waals surface area contributed by atoms with Crippen LogP contribution < -0.4 is 21.7 Å². The molecule has 1 saturated carbocycles. The summed E-state index contributed by atoms with van der Waals surface area (Å²) in [7, 11) is 0. The molecule has 2 aromatic rings. The van der Waals surface area contributed by atoms with Gasteiger partial charge in [0.1, 0.15) is 5.66 Å². The Morgan fingerprint density at radius 2 is 1.64 bits per heavy atom. The number of carbonyl (C=O) groups excluding carboxylic acids is 1. The molecule has 0 radical (unpaired) electrons. The lowest BCUT2D eigenvalue weighted by Gasteiger charge is -2.45. The first kappa shape index (κ1) is 18.0. The molecular formula is C21H24N6O. The van der Waals surface area contributed by atoms with Crippen molar-refractivity contribution in [3.63, 3.8) is 0 Å². The number of aliphatic imine (C=N–C) groups is 2. The maximum Gasteiger partial charge on any atom is 0.255 e. The molecule has 28 heavy (non-hydrogen) atoms. The fraction of sp³-hybridized carbons (Fsp3) is 0.286. The third-order valence-corrected chi connectivity index (χ3v) is 5.27. The second-order valence-electron chi connectivity index (χ2n) is 7.19. The number of amides is 1. The first-order valence-electron chi connectivity index (χ1n) is 9.54. The Balaban J connectivity index is 1.57. The van der Waals surface area contributed by atoms with Crippen LogP contribution in [0.25, 0.3) is 0 Å². The van der Waals surface area contributed by atoms with E-state index in [1.165, 1.54) is 6.42 Å². The lowest BCUT2D eigenvalue weighted by atomic mass is 9.87. The minimum atomic E-state index is -0.469. The number of hydrogen-bond acceptors (Lipinski definition) is 6. The Hall–Kier alpha value is -3.35. The minimum Gasteiger partial charge on any atom is -0.369 e. The summed E-state index contributed by atoms with van der Waals surface area (Å²) in [4.78, 5) is 23.2. The van der Waals surface area contributed by atoms with Crippen LogP contribution in [0.2, 0.25) is 0 Å². The van der Waals surface area contributed by atoms with Gasteiger partial charge in [-0.3, -0.25) is 9.69 Å². The van der Waals surface area contributed by atoms with E-state index in [0.717, 1.165) is 31.4 Å². The molecule has 144 valence electrons. The molecular weight excluding hydrogens is 352 g/mol. The molecule has 1 aliphatic carbocycles. The zero-order chi connectivity index (χ0) is 19.6. The number of anilines is 2. The molecule has 0 atom stereocenters. The molecule has 0 saturated heterocycles. The number of benzene rings is 2. The molecule has 1 aliphatic heterocycles. The number of rotatable bonds is 3. The Morgan fingerprint density at radius 1 is 0.964 bits per heavy atom. The average molecular weight is 376 g/mol. The number of nitrogens with one attached hydrogen (secondary N) is 1. The normalized spacial score (nSPS) is 18.4. The summed E-state index contributed by atoms with van der Waals surface area (Å²) in [6.07, 6.45) is 5.11. The number of hydrogen-bond donors (Lipinski definition) is 3. The summed E-state index contributed by atoms with van der Waals surface area (Å²) in [6.45, 7) is 0. The summed E-state index contributed by atoms with van der Waals surface area (Å²) < 4.78 is 0. The van der Waals surface area contributed by atoms with E-state index in [4.69, 9.17) is 11.5 Å². The number of guanidine groups is 2. The van der Waals surface area contributed by atoms with E-state index in [0.29, 0.717) is 17.2 Å². The van der Waals surface area contributed by atoms with Crippen molar-refractivity contribution in [2.24, 2.45) is 21.5 Å². The molecule has 0 aromatic heterocycles. The van der Waals surface area contributed by atoms with E-state index >= 15 is 0 Å². The molecule has 1 fully saturated rings. The maximum atomic E-state index is 12.3. The van der Waals surface area contributed by atoms with Crippen LogP contribution in [0.5, 0.6) is 0 Å². The molecule has 5 N–H and O–H groups in total. The molecule has 7 heteroatoms. The van der Waals surface area contributed by atoms with Gasteiger partial charge in [0.25, 0.3) is 5.91 Å². The standard InChI is InChI=1S/C21H24N6O/c22-19-25-20(23)27(21(26-19)13-5-2-6-14-21)17-11-9-16(10-12-17)24-18(28)15-7-3-1-4-8-15/h1,3-4,7-12H,2,5-6,13-14H2,(H,24,28)(H4,22,23,25,26). The monoisotopic (exact) mass is 376 g/mol. The maximum absolute atomic E-state index is 12.3. The predicted octanol–water partition coefficient (Wildman–Crippen LogP) is 3.05. The van der Waals surface area contributed by atoms with Crippen LogP contribution in [0, 0.1) is 0 Å². The van der Waals surface area contributed by atoms with Gasteiger partial charge in [0.15, 0.2) is 0 Å². The van der Waals surface area contributed by atoms with Gasteiger partial charge < -0.3 is 16.8 Å². The molecule has 1 amide bonds. The van der Waals surface area contributed by atoms with Gasteiger partial charge in [-0.05, 0) is 62.1 Å². The molecule has 4 rings (SSSR count). The number of nitrogens with two attached hydrogens (primary N) is 2. The van der Waals surface area contributed by atoms with Gasteiger partial charge >= 0.3 is 0 Å². The van der Waals surface area contributed by atoms with E-state index in [2.05, 4.69) is 15.3 Å². The van der Waals surface area contributed by atoms with Gasteiger partial charge in [-0.15, -0.1) is 0 Å². The molecule has 2 aliphatic rings. The number of nitrogens with zero attached hydrogens (tertiary/aromatic N) is 3. The topological polar surface area (TPSA) is 109 Å². The van der Waals surface area contributed by atoms with Crippen LogP contribution in [0.15, 0.2) is 64.6 Å². The van der Waals surface area contributed by atoms with Gasteiger partial charge in [-0.1, -0.05) is 24.6 Å². The van der Waals surface area contributed by atoms with Gasteiger partial charge in [-0.2, -0.15) is 4.99 Å². The minimum absolute atomic E-state index is 0.145. The van der Waals surface area contributed by atoms with Crippen LogP contribution in [0.4, 0.5) is 11.4 Å². The third kappa shape index (κ3) is 3.43. The number of carbonyl (C=O) groups is 1. The molecule has 0 unspecified atom stereocenters. The largest absolute Gasteiger partial charge is 0.369 e. The van der Waals surface area contributed by atoms with E-state index in [1.807, 2.05) is 47.4 Å². The fourth-order valence-corrected chi connectivity index (χ4v) is 3.98. The third-order valence-electron chi connectivity index (χ3n) is 5.27. The quantitative estimate of drug-likeness (QED) is 0.765. The van der Waals surface area contributed by atoms with E-state index in [-0.39, 0.29) is 11.9 Å². The summed E-state index contributed by atoms with van der Waals surface area (Å²) in [5, 5.41) is 2.91. The van der Waals surface area contributed by atoms with Gasteiger partial charge in [0.2, 0.25) is 11.9 Å². The van der Waals surface area contributed by atoms with E-state index < -0.39 is 5.66 Å². The highest BCUT2D eigenvalue weighted by atomic mass is 16.1. The van der Waals surface area contributed by atoms with Crippen molar-refractivity contribution in [3.05, 3.63) is 60.2 Å². The van der Waals surface area contributed by atoms with Gasteiger partial charge in [-0.25, -0.2) is 4.99 Å².